The lowest BCUT2D eigenvalue weighted by molar-refractivity contribution is -0.121. The second kappa shape index (κ2) is 7.78. The smallest absolute Gasteiger partial charge is 0.221 e. The predicted octanol–water partition coefficient (Wildman–Crippen LogP) is 3.55. The molecule has 3 heterocycles. The first kappa shape index (κ1) is 17.5. The number of carbonyl (C=O) groups is 1. The van der Waals surface area contributed by atoms with Crippen LogP contribution in [-0.4, -0.2) is 41.1 Å². The molecule has 2 fully saturated rings. The van der Waals surface area contributed by atoms with Gasteiger partial charge in [-0.05, 0) is 74.3 Å². The quantitative estimate of drug-likeness (QED) is 0.888. The van der Waals surface area contributed by atoms with E-state index < -0.39 is 0 Å². The Bertz CT molecular complexity index is 770. The Hall–Kier alpha value is -1.88. The molecule has 1 N–H and O–H groups in total. The van der Waals surface area contributed by atoms with Crippen molar-refractivity contribution in [3.63, 3.8) is 0 Å². The van der Waals surface area contributed by atoms with Crippen LogP contribution in [0.2, 0.25) is 0 Å². The second-order valence-electron chi connectivity index (χ2n) is 7.77. The number of halogens is 1. The monoisotopic (exact) mass is 357 g/mol. The fraction of sp³-hybridized carbons (Fsp3) is 0.571. The van der Waals surface area contributed by atoms with E-state index in [-0.39, 0.29) is 11.7 Å². The van der Waals surface area contributed by atoms with Gasteiger partial charge in [0.15, 0.2) is 0 Å². The predicted molar refractivity (Wildman–Crippen MR) is 101 cm³/mol. The number of fused-ring (bicyclic) bond motifs is 2. The Morgan fingerprint density at radius 2 is 2.04 bits per heavy atom. The van der Waals surface area contributed by atoms with Gasteiger partial charge in [0.2, 0.25) is 5.91 Å². The van der Waals surface area contributed by atoms with Crippen molar-refractivity contribution in [1.29, 1.82) is 0 Å². The third kappa shape index (κ3) is 3.78. The normalized spacial score (nSPS) is 23.7. The lowest BCUT2D eigenvalue weighted by atomic mass is 9.83. The summed E-state index contributed by atoms with van der Waals surface area (Å²) in [6.45, 7) is 3.83. The van der Waals surface area contributed by atoms with E-state index in [1.165, 1.54) is 57.3 Å². The maximum Gasteiger partial charge on any atom is 0.221 e. The molecule has 1 amide bonds. The van der Waals surface area contributed by atoms with Gasteiger partial charge in [-0.25, -0.2) is 4.39 Å². The van der Waals surface area contributed by atoms with Crippen molar-refractivity contribution in [2.45, 2.75) is 51.1 Å². The molecule has 0 radical (unpaired) electrons. The van der Waals surface area contributed by atoms with Gasteiger partial charge in [0.25, 0.3) is 0 Å². The van der Waals surface area contributed by atoms with E-state index in [2.05, 4.69) is 10.2 Å². The van der Waals surface area contributed by atoms with Gasteiger partial charge in [0.1, 0.15) is 5.82 Å². The average Bonchev–Trinajstić information content (AvgIpc) is 3.06. The van der Waals surface area contributed by atoms with E-state index >= 15 is 0 Å². The third-order valence-corrected chi connectivity index (χ3v) is 6.11. The molecule has 1 aromatic heterocycles. The number of rotatable bonds is 5. The molecule has 4 rings (SSSR count). The lowest BCUT2D eigenvalue weighted by Gasteiger charge is -2.44. The van der Waals surface area contributed by atoms with Crippen molar-refractivity contribution >= 4 is 16.8 Å². The van der Waals surface area contributed by atoms with Gasteiger partial charge in [-0.2, -0.15) is 0 Å². The Morgan fingerprint density at radius 3 is 2.96 bits per heavy atom. The van der Waals surface area contributed by atoms with Crippen molar-refractivity contribution in [3.05, 3.63) is 36.3 Å². The van der Waals surface area contributed by atoms with Gasteiger partial charge < -0.3 is 14.8 Å². The topological polar surface area (TPSA) is 37.3 Å². The minimum atomic E-state index is -0.240. The highest BCUT2D eigenvalue weighted by atomic mass is 19.1. The average molecular weight is 357 g/mol. The Labute approximate surface area is 154 Å². The highest BCUT2D eigenvalue weighted by molar-refractivity contribution is 5.80. The second-order valence-corrected chi connectivity index (χ2v) is 7.77. The first-order valence-electron chi connectivity index (χ1n) is 9.96. The van der Waals surface area contributed by atoms with E-state index in [4.69, 9.17) is 0 Å². The SMILES string of the molecule is O=C(CCn1ccc2ccc(F)cc21)NCC1CCCN2CCCCC12. The molecular formula is C21H28FN3O. The fourth-order valence-electron chi connectivity index (χ4n) is 4.72. The molecule has 0 aliphatic carbocycles. The summed E-state index contributed by atoms with van der Waals surface area (Å²) in [7, 11) is 0. The van der Waals surface area contributed by atoms with Gasteiger partial charge in [0.05, 0.1) is 5.52 Å². The van der Waals surface area contributed by atoms with E-state index in [0.29, 0.717) is 24.9 Å². The zero-order valence-corrected chi connectivity index (χ0v) is 15.3. The van der Waals surface area contributed by atoms with Crippen molar-refractivity contribution < 1.29 is 9.18 Å². The summed E-state index contributed by atoms with van der Waals surface area (Å²) in [5.74, 6) is 0.446. The summed E-state index contributed by atoms with van der Waals surface area (Å²) < 4.78 is 15.4. The van der Waals surface area contributed by atoms with E-state index in [0.717, 1.165) is 17.4 Å². The van der Waals surface area contributed by atoms with Gasteiger partial charge in [0, 0.05) is 31.7 Å². The highest BCUT2D eigenvalue weighted by Gasteiger charge is 2.32. The van der Waals surface area contributed by atoms with Crippen LogP contribution >= 0.6 is 0 Å². The first-order chi connectivity index (χ1) is 12.7. The van der Waals surface area contributed by atoms with Crippen LogP contribution in [0.5, 0.6) is 0 Å². The Kier molecular flexibility index (Phi) is 5.25. The van der Waals surface area contributed by atoms with Gasteiger partial charge in [-0.1, -0.05) is 6.42 Å². The number of aromatic nitrogens is 1. The van der Waals surface area contributed by atoms with Gasteiger partial charge in [-0.3, -0.25) is 4.79 Å². The number of nitrogens with one attached hydrogen (secondary N) is 1. The fourth-order valence-corrected chi connectivity index (χ4v) is 4.72. The van der Waals surface area contributed by atoms with Crippen LogP contribution in [0.4, 0.5) is 4.39 Å². The molecule has 2 aliphatic heterocycles. The zero-order valence-electron chi connectivity index (χ0n) is 15.3. The number of piperidine rings is 2. The van der Waals surface area contributed by atoms with E-state index in [9.17, 15) is 9.18 Å². The van der Waals surface area contributed by atoms with Crippen LogP contribution in [0.15, 0.2) is 30.5 Å². The summed E-state index contributed by atoms with van der Waals surface area (Å²) >= 11 is 0. The maximum atomic E-state index is 13.5. The van der Waals surface area contributed by atoms with Crippen molar-refractivity contribution in [3.8, 4) is 0 Å². The highest BCUT2D eigenvalue weighted by Crippen LogP contribution is 2.30. The molecule has 0 saturated carbocycles. The summed E-state index contributed by atoms with van der Waals surface area (Å²) in [6, 6.07) is 7.41. The molecule has 2 saturated heterocycles. The molecular weight excluding hydrogens is 329 g/mol. The Morgan fingerprint density at radius 1 is 1.15 bits per heavy atom. The largest absolute Gasteiger partial charge is 0.356 e. The van der Waals surface area contributed by atoms with Crippen LogP contribution in [0.1, 0.15) is 38.5 Å². The lowest BCUT2D eigenvalue weighted by Crippen LogP contribution is -2.51. The van der Waals surface area contributed by atoms with Gasteiger partial charge in [-0.15, -0.1) is 0 Å². The van der Waals surface area contributed by atoms with Crippen molar-refractivity contribution in [2.75, 3.05) is 19.6 Å². The van der Waals surface area contributed by atoms with Crippen LogP contribution in [0, 0.1) is 11.7 Å². The van der Waals surface area contributed by atoms with E-state index in [1.807, 2.05) is 16.8 Å². The molecule has 5 heteroatoms. The van der Waals surface area contributed by atoms with Gasteiger partial charge >= 0.3 is 0 Å². The Balaban J connectivity index is 1.29. The maximum absolute atomic E-state index is 13.5. The molecule has 26 heavy (non-hydrogen) atoms. The molecule has 1 aromatic carbocycles. The molecule has 0 spiro atoms. The standard InChI is InChI=1S/C21H28FN3O/c22-18-7-6-16-8-12-25(20(16)14-18)13-9-21(26)23-15-17-4-3-11-24-10-2-1-5-19(17)24/h6-8,12,14,17,19H,1-5,9-11,13,15H2,(H,23,26). The van der Waals surface area contributed by atoms with E-state index in [1.54, 1.807) is 6.07 Å². The number of carbonyl (C=O) groups excluding carboxylic acids is 1. The number of aryl methyl sites for hydroxylation is 1. The summed E-state index contributed by atoms with van der Waals surface area (Å²) in [6.07, 6.45) is 8.76. The number of amides is 1. The molecule has 2 aromatic rings. The summed E-state index contributed by atoms with van der Waals surface area (Å²) in [5.41, 5.74) is 0.850. The van der Waals surface area contributed by atoms with Crippen molar-refractivity contribution in [1.82, 2.24) is 14.8 Å². The number of hydrogen-bond acceptors (Lipinski definition) is 2. The van der Waals surface area contributed by atoms with Crippen molar-refractivity contribution in [2.24, 2.45) is 5.92 Å². The van der Waals surface area contributed by atoms with Crippen LogP contribution < -0.4 is 5.32 Å². The minimum Gasteiger partial charge on any atom is -0.356 e. The molecule has 0 bridgehead atoms. The zero-order chi connectivity index (χ0) is 17.9. The number of nitrogens with zero attached hydrogens (tertiary/aromatic N) is 2. The number of hydrogen-bond donors (Lipinski definition) is 1. The minimum absolute atomic E-state index is 0.0937. The molecule has 140 valence electrons. The molecule has 2 atom stereocenters. The molecule has 2 unspecified atom stereocenters. The van der Waals surface area contributed by atoms with Crippen LogP contribution in [0.3, 0.4) is 0 Å². The number of benzene rings is 1. The van der Waals surface area contributed by atoms with Crippen LogP contribution in [0.25, 0.3) is 10.9 Å². The third-order valence-electron chi connectivity index (χ3n) is 6.11. The molecule has 2 aliphatic rings. The molecule has 4 nitrogen and oxygen atoms in total. The summed E-state index contributed by atoms with van der Waals surface area (Å²) in [4.78, 5) is 15.0. The first-order valence-corrected chi connectivity index (χ1v) is 9.96. The summed E-state index contributed by atoms with van der Waals surface area (Å²) in [5, 5.41) is 4.16. The van der Waals surface area contributed by atoms with Crippen LogP contribution in [-0.2, 0) is 11.3 Å².